The van der Waals surface area contributed by atoms with E-state index < -0.39 is 11.9 Å². The van der Waals surface area contributed by atoms with E-state index in [-0.39, 0.29) is 26.4 Å². The molecule has 0 aliphatic rings. The molecule has 0 spiro atoms. The molecule has 0 aliphatic heterocycles. The predicted molar refractivity (Wildman–Crippen MR) is 133 cm³/mol. The Kier molecular flexibility index (Phi) is 9.75. The summed E-state index contributed by atoms with van der Waals surface area (Å²) in [6, 6.07) is 19.3. The van der Waals surface area contributed by atoms with Gasteiger partial charge >= 0.3 is 11.9 Å². The van der Waals surface area contributed by atoms with Gasteiger partial charge in [-0.25, -0.2) is 9.59 Å². The second-order valence-electron chi connectivity index (χ2n) is 7.27. The van der Waals surface area contributed by atoms with Gasteiger partial charge in [0.25, 0.3) is 0 Å². The number of hydrogen-bond donors (Lipinski definition) is 0. The molecule has 0 saturated heterocycles. The lowest BCUT2D eigenvalue weighted by Crippen LogP contribution is -2.12. The molecule has 0 saturated carbocycles. The van der Waals surface area contributed by atoms with E-state index in [0.29, 0.717) is 30.3 Å². The Balaban J connectivity index is 1.81. The summed E-state index contributed by atoms with van der Waals surface area (Å²) in [6.07, 6.45) is 2.91. The largest absolute Gasteiger partial charge is 0.489 e. The summed E-state index contributed by atoms with van der Waals surface area (Å²) in [5.41, 5.74) is 1.15. The zero-order valence-electron chi connectivity index (χ0n) is 19.4. The van der Waals surface area contributed by atoms with E-state index >= 15 is 0 Å². The van der Waals surface area contributed by atoms with Crippen molar-refractivity contribution in [1.29, 1.82) is 0 Å². The zero-order valence-corrected chi connectivity index (χ0v) is 19.4. The number of carbonyl (C=O) groups excluding carboxylic acids is 2. The Labute approximate surface area is 204 Å². The van der Waals surface area contributed by atoms with Crippen LogP contribution in [0.4, 0.5) is 0 Å². The molecule has 0 unspecified atom stereocenters. The third-order valence-corrected chi connectivity index (χ3v) is 4.91. The van der Waals surface area contributed by atoms with Crippen LogP contribution in [-0.2, 0) is 25.5 Å². The first-order valence-electron chi connectivity index (χ1n) is 11.2. The van der Waals surface area contributed by atoms with Gasteiger partial charge in [0.2, 0.25) is 0 Å². The average molecular weight is 477 g/mol. The molecule has 35 heavy (non-hydrogen) atoms. The average Bonchev–Trinajstić information content (AvgIpc) is 2.90. The maximum absolute atomic E-state index is 11.3. The number of carbonyl (C=O) groups is 2. The van der Waals surface area contributed by atoms with Crippen molar-refractivity contribution in [2.75, 3.05) is 33.0 Å². The molecule has 0 aromatic heterocycles. The highest BCUT2D eigenvalue weighted by Crippen LogP contribution is 2.41. The first kappa shape index (κ1) is 25.4. The first-order chi connectivity index (χ1) is 17.1. The molecule has 3 aromatic rings. The molecule has 7 nitrogen and oxygen atoms in total. The highest BCUT2D eigenvalue weighted by molar-refractivity contribution is 5.95. The van der Waals surface area contributed by atoms with Gasteiger partial charge < -0.3 is 23.7 Å². The van der Waals surface area contributed by atoms with Gasteiger partial charge in [-0.1, -0.05) is 67.8 Å². The zero-order chi connectivity index (χ0) is 24.9. The van der Waals surface area contributed by atoms with Gasteiger partial charge in [0, 0.05) is 35.4 Å². The summed E-state index contributed by atoms with van der Waals surface area (Å²) in [5, 5.41) is 1.58. The lowest BCUT2D eigenvalue weighted by Gasteiger charge is -2.18. The first-order valence-corrected chi connectivity index (χ1v) is 11.2. The SMILES string of the molecule is C=CC(=O)OCCOc1cc(OCCc2ccccc2)c(OCCOC(=O)C=C)c2ccccc12. The van der Waals surface area contributed by atoms with Crippen LogP contribution in [0.3, 0.4) is 0 Å². The third kappa shape index (κ3) is 7.64. The fourth-order valence-electron chi connectivity index (χ4n) is 3.29. The van der Waals surface area contributed by atoms with Crippen LogP contribution >= 0.6 is 0 Å². The smallest absolute Gasteiger partial charge is 0.330 e. The number of ether oxygens (including phenoxy) is 5. The van der Waals surface area contributed by atoms with E-state index in [0.717, 1.165) is 28.5 Å². The van der Waals surface area contributed by atoms with E-state index in [1.54, 1.807) is 6.07 Å². The molecule has 0 aliphatic carbocycles. The van der Waals surface area contributed by atoms with E-state index in [2.05, 4.69) is 13.2 Å². The van der Waals surface area contributed by atoms with E-state index in [1.807, 2.05) is 54.6 Å². The van der Waals surface area contributed by atoms with Gasteiger partial charge in [-0.15, -0.1) is 0 Å². The summed E-state index contributed by atoms with van der Waals surface area (Å²) in [5.74, 6) is 0.555. The fraction of sp³-hybridized carbons (Fsp3) is 0.214. The molecule has 0 N–H and O–H groups in total. The molecule has 3 aromatic carbocycles. The molecule has 0 heterocycles. The Morgan fingerprint density at radius 1 is 0.657 bits per heavy atom. The van der Waals surface area contributed by atoms with Crippen LogP contribution in [0.25, 0.3) is 10.8 Å². The number of benzene rings is 3. The molecule has 7 heteroatoms. The topological polar surface area (TPSA) is 80.3 Å². The summed E-state index contributed by atoms with van der Waals surface area (Å²) >= 11 is 0. The summed E-state index contributed by atoms with van der Waals surface area (Å²) in [6.45, 7) is 7.62. The highest BCUT2D eigenvalue weighted by Gasteiger charge is 2.16. The molecule has 0 radical (unpaired) electrons. The number of hydrogen-bond acceptors (Lipinski definition) is 7. The van der Waals surface area contributed by atoms with Gasteiger partial charge in [-0.3, -0.25) is 0 Å². The van der Waals surface area contributed by atoms with Crippen molar-refractivity contribution in [2.24, 2.45) is 0 Å². The highest BCUT2D eigenvalue weighted by atomic mass is 16.6. The molecule has 0 fully saturated rings. The Morgan fingerprint density at radius 2 is 1.23 bits per heavy atom. The van der Waals surface area contributed by atoms with Gasteiger partial charge in [-0.2, -0.15) is 0 Å². The van der Waals surface area contributed by atoms with Crippen molar-refractivity contribution in [3.05, 3.63) is 91.5 Å². The molecule has 0 bridgehead atoms. The van der Waals surface area contributed by atoms with Crippen LogP contribution in [0.5, 0.6) is 17.2 Å². The maximum atomic E-state index is 11.3. The minimum atomic E-state index is -0.515. The second-order valence-corrected chi connectivity index (χ2v) is 7.27. The standard InChI is InChI=1S/C28H28O7/c1-3-26(29)33-17-16-32-24-20-25(31-15-14-21-10-6-5-7-11-21)28(23-13-9-8-12-22(23)24)35-19-18-34-27(30)4-2/h3-13,20H,1-2,14-19H2. The molecule has 3 rings (SSSR count). The summed E-state index contributed by atoms with van der Waals surface area (Å²) in [4.78, 5) is 22.6. The van der Waals surface area contributed by atoms with Crippen LogP contribution < -0.4 is 14.2 Å². The van der Waals surface area contributed by atoms with Gasteiger partial charge in [0.05, 0.1) is 6.61 Å². The lowest BCUT2D eigenvalue weighted by molar-refractivity contribution is -0.139. The van der Waals surface area contributed by atoms with Crippen molar-refractivity contribution in [2.45, 2.75) is 6.42 Å². The second kappa shape index (κ2) is 13.4. The van der Waals surface area contributed by atoms with Crippen LogP contribution in [-0.4, -0.2) is 45.0 Å². The van der Waals surface area contributed by atoms with E-state index in [1.165, 1.54) is 0 Å². The van der Waals surface area contributed by atoms with Gasteiger partial charge in [0.15, 0.2) is 11.5 Å². The molecular formula is C28H28O7. The summed E-state index contributed by atoms with van der Waals surface area (Å²) in [7, 11) is 0. The quantitative estimate of drug-likeness (QED) is 0.190. The van der Waals surface area contributed by atoms with Crippen LogP contribution in [0.2, 0.25) is 0 Å². The maximum Gasteiger partial charge on any atom is 0.330 e. The van der Waals surface area contributed by atoms with Crippen molar-refractivity contribution < 1.29 is 33.3 Å². The number of rotatable bonds is 14. The molecule has 0 amide bonds. The lowest BCUT2D eigenvalue weighted by atomic mass is 10.1. The number of esters is 2. The monoisotopic (exact) mass is 476 g/mol. The molecular weight excluding hydrogens is 448 g/mol. The predicted octanol–water partition coefficient (Wildman–Crippen LogP) is 4.68. The normalized spacial score (nSPS) is 10.3. The van der Waals surface area contributed by atoms with Crippen molar-refractivity contribution >= 4 is 22.7 Å². The third-order valence-electron chi connectivity index (χ3n) is 4.91. The fourth-order valence-corrected chi connectivity index (χ4v) is 3.29. The summed E-state index contributed by atoms with van der Waals surface area (Å²) < 4.78 is 28.1. The number of fused-ring (bicyclic) bond motifs is 1. The molecule has 182 valence electrons. The Morgan fingerprint density at radius 3 is 1.89 bits per heavy atom. The van der Waals surface area contributed by atoms with E-state index in [4.69, 9.17) is 23.7 Å². The molecule has 0 atom stereocenters. The van der Waals surface area contributed by atoms with Gasteiger partial charge in [0.1, 0.15) is 32.2 Å². The van der Waals surface area contributed by atoms with Crippen LogP contribution in [0, 0.1) is 0 Å². The Hall–Kier alpha value is -4.26. The van der Waals surface area contributed by atoms with Crippen molar-refractivity contribution in [3.8, 4) is 17.2 Å². The van der Waals surface area contributed by atoms with Gasteiger partial charge in [-0.05, 0) is 5.56 Å². The Bertz CT molecular complexity index is 1150. The van der Waals surface area contributed by atoms with E-state index in [9.17, 15) is 9.59 Å². The van der Waals surface area contributed by atoms with Crippen molar-refractivity contribution in [3.63, 3.8) is 0 Å². The minimum Gasteiger partial charge on any atom is -0.489 e. The minimum absolute atomic E-state index is 0.0650. The van der Waals surface area contributed by atoms with Crippen LogP contribution in [0.15, 0.2) is 86.0 Å². The van der Waals surface area contributed by atoms with Crippen molar-refractivity contribution in [1.82, 2.24) is 0 Å². The van der Waals surface area contributed by atoms with Crippen LogP contribution in [0.1, 0.15) is 5.56 Å².